The second kappa shape index (κ2) is 18.6. The smallest absolute Gasteiger partial charge is 0.407 e. The molecule has 0 saturated carbocycles. The van der Waals surface area contributed by atoms with Crippen molar-refractivity contribution >= 4 is 12.0 Å². The molecular weight excluding hydrogens is 370 g/mol. The standard InChI is InChI=1S/C21H45N5O3/c1-21(2,3)29-20(28)26-17-6-4-5-11-19(27)25-18-10-16-24-14-8-7-13-23-15-9-12-22/h23-24H,4-18,22H2,1-3H3,(H,25,27)(H,26,28). The van der Waals surface area contributed by atoms with Crippen LogP contribution in [0.25, 0.3) is 0 Å². The summed E-state index contributed by atoms with van der Waals surface area (Å²) in [7, 11) is 0. The average Bonchev–Trinajstić information content (AvgIpc) is 2.64. The molecule has 172 valence electrons. The molecular formula is C21H45N5O3. The third-order valence-electron chi connectivity index (χ3n) is 4.12. The summed E-state index contributed by atoms with van der Waals surface area (Å²) in [5, 5.41) is 12.5. The molecule has 6 N–H and O–H groups in total. The minimum Gasteiger partial charge on any atom is -0.444 e. The molecule has 0 radical (unpaired) electrons. The van der Waals surface area contributed by atoms with Crippen molar-refractivity contribution in [2.24, 2.45) is 5.73 Å². The Morgan fingerprint density at radius 2 is 1.28 bits per heavy atom. The number of carbonyl (C=O) groups excluding carboxylic acids is 2. The summed E-state index contributed by atoms with van der Waals surface area (Å²) in [5.74, 6) is 0.105. The van der Waals surface area contributed by atoms with Gasteiger partial charge in [-0.2, -0.15) is 0 Å². The number of ether oxygens (including phenoxy) is 1. The zero-order valence-electron chi connectivity index (χ0n) is 18.9. The zero-order chi connectivity index (χ0) is 21.8. The van der Waals surface area contributed by atoms with Gasteiger partial charge in [0.2, 0.25) is 5.91 Å². The molecule has 29 heavy (non-hydrogen) atoms. The Labute approximate surface area is 177 Å². The van der Waals surface area contributed by atoms with E-state index in [9.17, 15) is 9.59 Å². The van der Waals surface area contributed by atoms with Gasteiger partial charge in [-0.15, -0.1) is 0 Å². The highest BCUT2D eigenvalue weighted by Crippen LogP contribution is 2.06. The molecule has 0 heterocycles. The lowest BCUT2D eigenvalue weighted by Crippen LogP contribution is -2.33. The van der Waals surface area contributed by atoms with Gasteiger partial charge in [0, 0.05) is 19.5 Å². The molecule has 0 aromatic carbocycles. The summed E-state index contributed by atoms with van der Waals surface area (Å²) in [6.07, 6.45) is 7.05. The third kappa shape index (κ3) is 22.8. The molecule has 0 aromatic heterocycles. The SMILES string of the molecule is CC(C)(C)OC(=O)NCCCCCC(=O)NCCCNCCCCNCCCN. The van der Waals surface area contributed by atoms with Crippen LogP contribution in [0.5, 0.6) is 0 Å². The van der Waals surface area contributed by atoms with Crippen LogP contribution in [0.4, 0.5) is 4.79 Å². The van der Waals surface area contributed by atoms with Crippen molar-refractivity contribution < 1.29 is 14.3 Å². The van der Waals surface area contributed by atoms with Gasteiger partial charge in [-0.3, -0.25) is 4.79 Å². The molecule has 0 unspecified atom stereocenters. The van der Waals surface area contributed by atoms with E-state index in [4.69, 9.17) is 10.5 Å². The Balaban J connectivity index is 3.29. The van der Waals surface area contributed by atoms with Gasteiger partial charge in [-0.05, 0) is 92.0 Å². The second-order valence-electron chi connectivity index (χ2n) is 8.29. The predicted octanol–water partition coefficient (Wildman–Crippen LogP) is 1.89. The van der Waals surface area contributed by atoms with E-state index in [1.54, 1.807) is 0 Å². The highest BCUT2D eigenvalue weighted by Gasteiger charge is 2.15. The van der Waals surface area contributed by atoms with E-state index in [2.05, 4.69) is 21.3 Å². The van der Waals surface area contributed by atoms with Gasteiger partial charge in [0.25, 0.3) is 0 Å². The molecule has 0 atom stereocenters. The van der Waals surface area contributed by atoms with Crippen LogP contribution in [-0.2, 0) is 9.53 Å². The summed E-state index contributed by atoms with van der Waals surface area (Å²) in [6, 6.07) is 0. The van der Waals surface area contributed by atoms with Crippen molar-refractivity contribution in [2.75, 3.05) is 45.8 Å². The first-order valence-electron chi connectivity index (χ1n) is 11.2. The van der Waals surface area contributed by atoms with E-state index in [1.165, 1.54) is 6.42 Å². The molecule has 0 aliphatic heterocycles. The first kappa shape index (κ1) is 27.6. The Kier molecular flexibility index (Phi) is 17.7. The number of carbonyl (C=O) groups is 2. The number of hydrogen-bond acceptors (Lipinski definition) is 6. The normalized spacial score (nSPS) is 11.3. The monoisotopic (exact) mass is 415 g/mol. The summed E-state index contributed by atoms with van der Waals surface area (Å²) < 4.78 is 5.17. The maximum absolute atomic E-state index is 11.8. The van der Waals surface area contributed by atoms with E-state index in [0.717, 1.165) is 71.2 Å². The Morgan fingerprint density at radius 3 is 1.90 bits per heavy atom. The summed E-state index contributed by atoms with van der Waals surface area (Å²) in [5.41, 5.74) is 4.97. The topological polar surface area (TPSA) is 118 Å². The van der Waals surface area contributed by atoms with Crippen molar-refractivity contribution in [1.29, 1.82) is 0 Å². The van der Waals surface area contributed by atoms with Gasteiger partial charge >= 0.3 is 6.09 Å². The van der Waals surface area contributed by atoms with Crippen LogP contribution in [0.2, 0.25) is 0 Å². The summed E-state index contributed by atoms with van der Waals surface area (Å²) in [6.45, 7) is 11.6. The van der Waals surface area contributed by atoms with Crippen LogP contribution in [0.1, 0.15) is 72.1 Å². The van der Waals surface area contributed by atoms with Crippen LogP contribution in [0.3, 0.4) is 0 Å². The van der Waals surface area contributed by atoms with Crippen LogP contribution >= 0.6 is 0 Å². The maximum atomic E-state index is 11.8. The van der Waals surface area contributed by atoms with Gasteiger partial charge < -0.3 is 31.7 Å². The first-order valence-corrected chi connectivity index (χ1v) is 11.2. The molecule has 0 rings (SSSR count). The highest BCUT2D eigenvalue weighted by atomic mass is 16.6. The summed E-state index contributed by atoms with van der Waals surface area (Å²) >= 11 is 0. The fourth-order valence-corrected chi connectivity index (χ4v) is 2.60. The molecule has 0 aliphatic carbocycles. The average molecular weight is 416 g/mol. The van der Waals surface area contributed by atoms with E-state index < -0.39 is 5.60 Å². The van der Waals surface area contributed by atoms with Crippen LogP contribution in [-0.4, -0.2) is 63.4 Å². The Hall–Kier alpha value is -1.38. The van der Waals surface area contributed by atoms with Gasteiger partial charge in [-0.25, -0.2) is 4.79 Å². The molecule has 0 spiro atoms. The van der Waals surface area contributed by atoms with Gasteiger partial charge in [0.05, 0.1) is 0 Å². The number of nitrogens with two attached hydrogens (primary N) is 1. The molecule has 8 heteroatoms. The molecule has 0 aromatic rings. The molecule has 0 saturated heterocycles. The van der Waals surface area contributed by atoms with Crippen molar-refractivity contribution in [3.05, 3.63) is 0 Å². The quantitative estimate of drug-likeness (QED) is 0.218. The Bertz CT molecular complexity index is 414. The van der Waals surface area contributed by atoms with Gasteiger partial charge in [0.1, 0.15) is 5.60 Å². The van der Waals surface area contributed by atoms with Crippen LogP contribution < -0.4 is 27.0 Å². The lowest BCUT2D eigenvalue weighted by molar-refractivity contribution is -0.121. The van der Waals surface area contributed by atoms with Crippen LogP contribution in [0, 0.1) is 0 Å². The zero-order valence-corrected chi connectivity index (χ0v) is 18.9. The lowest BCUT2D eigenvalue weighted by Gasteiger charge is -2.19. The van der Waals surface area contributed by atoms with Crippen molar-refractivity contribution in [3.8, 4) is 0 Å². The predicted molar refractivity (Wildman–Crippen MR) is 119 cm³/mol. The number of unbranched alkanes of at least 4 members (excludes halogenated alkanes) is 3. The van der Waals surface area contributed by atoms with Crippen molar-refractivity contribution in [3.63, 3.8) is 0 Å². The molecule has 2 amide bonds. The van der Waals surface area contributed by atoms with Crippen molar-refractivity contribution in [2.45, 2.75) is 77.7 Å². The maximum Gasteiger partial charge on any atom is 0.407 e. The van der Waals surface area contributed by atoms with Gasteiger partial charge in [0.15, 0.2) is 0 Å². The molecule has 0 bridgehead atoms. The third-order valence-corrected chi connectivity index (χ3v) is 4.12. The molecule has 8 nitrogen and oxygen atoms in total. The molecule has 0 aliphatic rings. The van der Waals surface area contributed by atoms with E-state index in [0.29, 0.717) is 19.5 Å². The summed E-state index contributed by atoms with van der Waals surface area (Å²) in [4.78, 5) is 23.3. The fourth-order valence-electron chi connectivity index (χ4n) is 2.60. The van der Waals surface area contributed by atoms with E-state index in [1.807, 2.05) is 20.8 Å². The minimum absolute atomic E-state index is 0.105. The number of alkyl carbamates (subject to hydrolysis) is 1. The van der Waals surface area contributed by atoms with Gasteiger partial charge in [-0.1, -0.05) is 6.42 Å². The van der Waals surface area contributed by atoms with E-state index in [-0.39, 0.29) is 12.0 Å². The first-order chi connectivity index (χ1) is 13.8. The number of rotatable bonds is 18. The largest absolute Gasteiger partial charge is 0.444 e. The number of hydrogen-bond donors (Lipinski definition) is 5. The fraction of sp³-hybridized carbons (Fsp3) is 0.905. The molecule has 0 fully saturated rings. The highest BCUT2D eigenvalue weighted by molar-refractivity contribution is 5.75. The van der Waals surface area contributed by atoms with Crippen molar-refractivity contribution in [1.82, 2.24) is 21.3 Å². The second-order valence-corrected chi connectivity index (χ2v) is 8.29. The Morgan fingerprint density at radius 1 is 0.724 bits per heavy atom. The van der Waals surface area contributed by atoms with Crippen LogP contribution in [0.15, 0.2) is 0 Å². The lowest BCUT2D eigenvalue weighted by atomic mass is 10.2. The minimum atomic E-state index is -0.473. The number of nitrogens with one attached hydrogen (secondary N) is 4. The number of amides is 2. The van der Waals surface area contributed by atoms with E-state index >= 15 is 0 Å².